The molecule has 0 amide bonds. The first-order valence-electron chi connectivity index (χ1n) is 12.3. The van der Waals surface area contributed by atoms with Crippen molar-refractivity contribution in [3.05, 3.63) is 94.0 Å². The minimum absolute atomic E-state index is 0.723. The van der Waals surface area contributed by atoms with Crippen molar-refractivity contribution in [2.24, 2.45) is 5.92 Å². The summed E-state index contributed by atoms with van der Waals surface area (Å²) in [4.78, 5) is 0. The molecule has 0 saturated heterocycles. The molecule has 2 atom stereocenters. The minimum Gasteiger partial charge on any atom is -0.0625 e. The number of unbranched alkanes of at least 4 members (excludes halogenated alkanes) is 1. The van der Waals surface area contributed by atoms with Crippen LogP contribution >= 0.6 is 0 Å². The van der Waals surface area contributed by atoms with E-state index >= 15 is 0 Å². The molecule has 0 heterocycles. The van der Waals surface area contributed by atoms with Crippen molar-refractivity contribution >= 4 is 0 Å². The fourth-order valence-corrected chi connectivity index (χ4v) is 5.37. The summed E-state index contributed by atoms with van der Waals surface area (Å²) in [7, 11) is 0. The van der Waals surface area contributed by atoms with Gasteiger partial charge in [0, 0.05) is 0 Å². The van der Waals surface area contributed by atoms with Gasteiger partial charge < -0.3 is 0 Å². The lowest BCUT2D eigenvalue weighted by Gasteiger charge is -2.19. The fraction of sp³-hybridized carbons (Fsp3) is 0.419. The van der Waals surface area contributed by atoms with Gasteiger partial charge >= 0.3 is 0 Å². The lowest BCUT2D eigenvalue weighted by atomic mass is 9.85. The number of hydrogen-bond acceptors (Lipinski definition) is 0. The van der Waals surface area contributed by atoms with Crippen LogP contribution in [-0.2, 0) is 12.8 Å². The van der Waals surface area contributed by atoms with E-state index in [4.69, 9.17) is 0 Å². The van der Waals surface area contributed by atoms with E-state index in [0.29, 0.717) is 0 Å². The van der Waals surface area contributed by atoms with E-state index in [9.17, 15) is 0 Å². The molecule has 3 aromatic carbocycles. The van der Waals surface area contributed by atoms with Gasteiger partial charge in [-0.1, -0.05) is 85.1 Å². The third-order valence-electron chi connectivity index (χ3n) is 7.23. The zero-order chi connectivity index (χ0) is 21.8. The molecule has 3 aromatic rings. The van der Waals surface area contributed by atoms with Gasteiger partial charge in [0.25, 0.3) is 0 Å². The van der Waals surface area contributed by atoms with Gasteiger partial charge in [0.15, 0.2) is 0 Å². The first-order chi connectivity index (χ1) is 15.0. The summed E-state index contributed by atoms with van der Waals surface area (Å²) in [6, 6.07) is 23.4. The molecule has 2 unspecified atom stereocenters. The van der Waals surface area contributed by atoms with Crippen LogP contribution in [0.3, 0.4) is 0 Å². The largest absolute Gasteiger partial charge is 0.0625 e. The van der Waals surface area contributed by atoms with Crippen molar-refractivity contribution < 1.29 is 0 Å². The average Bonchev–Trinajstić information content (AvgIpc) is 3.18. The van der Waals surface area contributed by atoms with Crippen LogP contribution in [0.25, 0.3) is 11.1 Å². The zero-order valence-corrected chi connectivity index (χ0v) is 19.9. The Hall–Kier alpha value is -2.34. The smallest absolute Gasteiger partial charge is 0.0144 e. The maximum absolute atomic E-state index is 2.52. The van der Waals surface area contributed by atoms with Crippen LogP contribution in [0.4, 0.5) is 0 Å². The first-order valence-corrected chi connectivity index (χ1v) is 12.3. The van der Waals surface area contributed by atoms with Crippen LogP contribution in [0.5, 0.6) is 0 Å². The predicted octanol–water partition coefficient (Wildman–Crippen LogP) is 8.75. The zero-order valence-electron chi connectivity index (χ0n) is 19.9. The quantitative estimate of drug-likeness (QED) is 0.341. The third-order valence-corrected chi connectivity index (χ3v) is 7.23. The molecule has 0 aromatic heterocycles. The molecule has 0 N–H and O–H groups in total. The van der Waals surface area contributed by atoms with Crippen molar-refractivity contribution in [1.82, 2.24) is 0 Å². The van der Waals surface area contributed by atoms with Gasteiger partial charge in [-0.05, 0) is 105 Å². The van der Waals surface area contributed by atoms with Crippen LogP contribution in [-0.4, -0.2) is 0 Å². The highest BCUT2D eigenvalue weighted by Gasteiger charge is 2.25. The van der Waals surface area contributed by atoms with E-state index in [0.717, 1.165) is 11.8 Å². The molecule has 0 heteroatoms. The van der Waals surface area contributed by atoms with Gasteiger partial charge in [-0.3, -0.25) is 0 Å². The Balaban J connectivity index is 1.51. The fourth-order valence-electron chi connectivity index (χ4n) is 5.37. The van der Waals surface area contributed by atoms with E-state index < -0.39 is 0 Å². The van der Waals surface area contributed by atoms with E-state index in [-0.39, 0.29) is 0 Å². The molecule has 0 spiro atoms. The van der Waals surface area contributed by atoms with Crippen LogP contribution in [0.2, 0.25) is 0 Å². The number of rotatable bonds is 7. The second-order valence-corrected chi connectivity index (χ2v) is 10.0. The van der Waals surface area contributed by atoms with E-state index in [1.54, 1.807) is 5.56 Å². The Bertz CT molecular complexity index is 1010. The van der Waals surface area contributed by atoms with Crippen molar-refractivity contribution in [2.45, 2.75) is 78.6 Å². The number of aryl methyl sites for hydroxylation is 5. The molecule has 0 aliphatic heterocycles. The summed E-state index contributed by atoms with van der Waals surface area (Å²) in [5.74, 6) is 1.58. The molecular weight excluding hydrogens is 372 g/mol. The third kappa shape index (κ3) is 5.48. The van der Waals surface area contributed by atoms with Gasteiger partial charge in [0.2, 0.25) is 0 Å². The Kier molecular flexibility index (Phi) is 6.96. The first kappa shape index (κ1) is 21.9. The Labute approximate surface area is 189 Å². The molecule has 162 valence electrons. The van der Waals surface area contributed by atoms with Gasteiger partial charge in [-0.25, -0.2) is 0 Å². The highest BCUT2D eigenvalue weighted by Crippen LogP contribution is 2.43. The summed E-state index contributed by atoms with van der Waals surface area (Å²) in [6.45, 7) is 9.05. The molecule has 0 nitrogen and oxygen atoms in total. The molecule has 1 aliphatic rings. The molecule has 4 rings (SSSR count). The topological polar surface area (TPSA) is 0 Å². The maximum atomic E-state index is 2.52. The SMILES string of the molecule is Cc1ccc(CCCCc2ccc(C3CCC(C)C3)c(-c3ccc(C)cc3C)c2)cc1. The number of hydrogen-bond donors (Lipinski definition) is 0. The van der Waals surface area contributed by atoms with Crippen LogP contribution < -0.4 is 0 Å². The van der Waals surface area contributed by atoms with Crippen molar-refractivity contribution in [3.63, 3.8) is 0 Å². The van der Waals surface area contributed by atoms with Gasteiger partial charge in [-0.15, -0.1) is 0 Å². The van der Waals surface area contributed by atoms with Crippen LogP contribution in [0, 0.1) is 26.7 Å². The van der Waals surface area contributed by atoms with E-state index in [2.05, 4.69) is 88.4 Å². The monoisotopic (exact) mass is 410 g/mol. The standard InChI is InChI=1S/C31H38/c1-22-9-13-26(14-10-22)7-5-6-8-27-15-18-30(28-16-11-24(3)20-28)31(21-27)29-17-12-23(2)19-25(29)4/h9-10,12-15,17-19,21,24,28H,5-8,11,16,20H2,1-4H3. The minimum atomic E-state index is 0.723. The molecule has 31 heavy (non-hydrogen) atoms. The summed E-state index contributed by atoms with van der Waals surface area (Å²) < 4.78 is 0. The predicted molar refractivity (Wildman–Crippen MR) is 135 cm³/mol. The Morgan fingerprint density at radius 2 is 1.35 bits per heavy atom. The molecule has 1 saturated carbocycles. The lowest BCUT2D eigenvalue weighted by molar-refractivity contribution is 0.597. The second-order valence-electron chi connectivity index (χ2n) is 10.0. The summed E-state index contributed by atoms with van der Waals surface area (Å²) >= 11 is 0. The molecular formula is C31H38. The van der Waals surface area contributed by atoms with Crippen LogP contribution in [0.15, 0.2) is 60.7 Å². The molecule has 0 bridgehead atoms. The van der Waals surface area contributed by atoms with Crippen molar-refractivity contribution in [3.8, 4) is 11.1 Å². The molecule has 0 radical (unpaired) electrons. The molecule has 1 fully saturated rings. The van der Waals surface area contributed by atoms with Crippen molar-refractivity contribution in [1.29, 1.82) is 0 Å². The second kappa shape index (κ2) is 9.86. The highest BCUT2D eigenvalue weighted by molar-refractivity contribution is 5.72. The van der Waals surface area contributed by atoms with Crippen LogP contribution in [0.1, 0.15) is 78.3 Å². The average molecular weight is 411 g/mol. The summed E-state index contributed by atoms with van der Waals surface area (Å²) in [5, 5.41) is 0. The van der Waals surface area contributed by atoms with Gasteiger partial charge in [-0.2, -0.15) is 0 Å². The lowest BCUT2D eigenvalue weighted by Crippen LogP contribution is -2.00. The van der Waals surface area contributed by atoms with Crippen molar-refractivity contribution in [2.75, 3.05) is 0 Å². The van der Waals surface area contributed by atoms with E-state index in [1.165, 1.54) is 83.9 Å². The Morgan fingerprint density at radius 3 is 2.03 bits per heavy atom. The highest BCUT2D eigenvalue weighted by atomic mass is 14.3. The normalized spacial score (nSPS) is 18.5. The Morgan fingerprint density at radius 1 is 0.677 bits per heavy atom. The molecule has 1 aliphatic carbocycles. The van der Waals surface area contributed by atoms with Gasteiger partial charge in [0.1, 0.15) is 0 Å². The van der Waals surface area contributed by atoms with Gasteiger partial charge in [0.05, 0.1) is 0 Å². The summed E-state index contributed by atoms with van der Waals surface area (Å²) in [6.07, 6.45) is 8.91. The summed E-state index contributed by atoms with van der Waals surface area (Å²) in [5.41, 5.74) is 11.6. The van der Waals surface area contributed by atoms with E-state index in [1.807, 2.05) is 0 Å². The number of benzene rings is 3. The maximum Gasteiger partial charge on any atom is -0.0144 e.